The standard InChI is InChI=1S/C19H19N7O6S2/c1-31-10-3-5-25(6-4-10)7-9-8-33-17-12(16(28)26(17)13(9)18(29)30)21-15(27)11(23-32-2)14-22-19(20)34-24-14/h3-6,12,17H,7-8H2,1-2H3,(H3-,20,21,22,24,27,29,30)/t12?,17-/m1/s1. The molecule has 2 amide bonds. The van der Waals surface area contributed by atoms with E-state index in [2.05, 4.69) is 19.8 Å². The molecular formula is C19H19N7O6S2. The van der Waals surface area contributed by atoms with E-state index in [0.717, 1.165) is 16.4 Å². The molecule has 1 saturated heterocycles. The minimum absolute atomic E-state index is 0.0455. The van der Waals surface area contributed by atoms with E-state index in [9.17, 15) is 19.5 Å². The van der Waals surface area contributed by atoms with Gasteiger partial charge < -0.3 is 30.5 Å². The van der Waals surface area contributed by atoms with Crippen LogP contribution in [0.15, 0.2) is 41.0 Å². The van der Waals surface area contributed by atoms with Gasteiger partial charge in [-0.3, -0.25) is 14.5 Å². The second-order valence-electron chi connectivity index (χ2n) is 7.09. The van der Waals surface area contributed by atoms with Gasteiger partial charge in [0.1, 0.15) is 24.3 Å². The molecule has 2 aliphatic rings. The second-order valence-corrected chi connectivity index (χ2v) is 8.98. The zero-order chi connectivity index (χ0) is 24.4. The molecule has 4 heterocycles. The number of ether oxygens (including phenoxy) is 1. The van der Waals surface area contributed by atoms with Crippen molar-refractivity contribution in [3.05, 3.63) is 41.6 Å². The molecule has 4 rings (SSSR count). The highest BCUT2D eigenvalue weighted by Crippen LogP contribution is 2.40. The summed E-state index contributed by atoms with van der Waals surface area (Å²) in [6.45, 7) is 0.245. The van der Waals surface area contributed by atoms with Gasteiger partial charge in [-0.15, -0.1) is 11.8 Å². The van der Waals surface area contributed by atoms with Crippen molar-refractivity contribution < 1.29 is 33.6 Å². The van der Waals surface area contributed by atoms with E-state index in [1.165, 1.54) is 18.9 Å². The zero-order valence-electron chi connectivity index (χ0n) is 18.0. The third-order valence-electron chi connectivity index (χ3n) is 5.05. The van der Waals surface area contributed by atoms with Gasteiger partial charge in [-0.1, -0.05) is 5.16 Å². The Morgan fingerprint density at radius 3 is 2.71 bits per heavy atom. The fourth-order valence-electron chi connectivity index (χ4n) is 3.51. The predicted octanol–water partition coefficient (Wildman–Crippen LogP) is -2.13. The third kappa shape index (κ3) is 4.38. The molecular weight excluding hydrogens is 486 g/mol. The predicted molar refractivity (Wildman–Crippen MR) is 118 cm³/mol. The van der Waals surface area contributed by atoms with Crippen molar-refractivity contribution >= 4 is 51.9 Å². The number of nitrogen functional groups attached to an aromatic ring is 1. The number of β-lactam (4-membered cyclic amide) rings is 1. The Morgan fingerprint density at radius 1 is 1.38 bits per heavy atom. The molecule has 2 atom stereocenters. The van der Waals surface area contributed by atoms with Crippen molar-refractivity contribution in [2.24, 2.45) is 5.16 Å². The van der Waals surface area contributed by atoms with Gasteiger partial charge in [-0.25, -0.2) is 4.57 Å². The molecule has 34 heavy (non-hydrogen) atoms. The zero-order valence-corrected chi connectivity index (χ0v) is 19.6. The number of nitrogens with two attached hydrogens (primary N) is 1. The number of carbonyl (C=O) groups is 3. The number of amides is 2. The monoisotopic (exact) mass is 505 g/mol. The average Bonchev–Trinajstić information content (AvgIpc) is 3.26. The summed E-state index contributed by atoms with van der Waals surface area (Å²) >= 11 is 2.20. The van der Waals surface area contributed by atoms with Crippen LogP contribution in [-0.4, -0.2) is 69.1 Å². The summed E-state index contributed by atoms with van der Waals surface area (Å²) in [4.78, 5) is 47.3. The van der Waals surface area contributed by atoms with E-state index in [4.69, 9.17) is 15.3 Å². The summed E-state index contributed by atoms with van der Waals surface area (Å²) in [6.07, 6.45) is 3.48. The Balaban J connectivity index is 1.52. The van der Waals surface area contributed by atoms with Gasteiger partial charge in [0.15, 0.2) is 24.1 Å². The number of aromatic nitrogens is 3. The number of methoxy groups -OCH3 is 1. The summed E-state index contributed by atoms with van der Waals surface area (Å²) < 4.78 is 10.8. The number of nitrogens with zero attached hydrogens (tertiary/aromatic N) is 5. The molecule has 0 bridgehead atoms. The van der Waals surface area contributed by atoms with Crippen LogP contribution in [0.5, 0.6) is 5.75 Å². The van der Waals surface area contributed by atoms with Crippen LogP contribution in [0, 0.1) is 0 Å². The van der Waals surface area contributed by atoms with Crippen LogP contribution >= 0.6 is 23.3 Å². The van der Waals surface area contributed by atoms with Crippen LogP contribution in [0.2, 0.25) is 0 Å². The Morgan fingerprint density at radius 2 is 2.12 bits per heavy atom. The highest BCUT2D eigenvalue weighted by molar-refractivity contribution is 8.00. The van der Waals surface area contributed by atoms with Crippen molar-refractivity contribution in [3.8, 4) is 5.75 Å². The first kappa shape index (κ1) is 23.4. The molecule has 15 heteroatoms. The molecule has 0 saturated carbocycles. The van der Waals surface area contributed by atoms with Gasteiger partial charge in [-0.05, 0) is 0 Å². The van der Waals surface area contributed by atoms with E-state index in [1.807, 2.05) is 0 Å². The van der Waals surface area contributed by atoms with Crippen LogP contribution in [0.1, 0.15) is 5.82 Å². The smallest absolute Gasteiger partial charge is 0.278 e. The van der Waals surface area contributed by atoms with Crippen molar-refractivity contribution in [2.45, 2.75) is 18.0 Å². The van der Waals surface area contributed by atoms with Crippen LogP contribution in [-0.2, 0) is 25.8 Å². The van der Waals surface area contributed by atoms with Crippen LogP contribution < -0.4 is 25.5 Å². The van der Waals surface area contributed by atoms with E-state index in [1.54, 1.807) is 36.2 Å². The number of pyridine rings is 1. The molecule has 2 aromatic rings. The maximum Gasteiger partial charge on any atom is 0.278 e. The molecule has 0 aliphatic carbocycles. The topological polar surface area (TPSA) is 176 Å². The normalized spacial score (nSPS) is 19.9. The number of carbonyl (C=O) groups excluding carboxylic acids is 3. The molecule has 0 aromatic carbocycles. The van der Waals surface area contributed by atoms with Gasteiger partial charge >= 0.3 is 0 Å². The molecule has 3 N–H and O–H groups in total. The summed E-state index contributed by atoms with van der Waals surface area (Å²) in [7, 11) is 2.79. The lowest BCUT2D eigenvalue weighted by atomic mass is 10.0. The summed E-state index contributed by atoms with van der Waals surface area (Å²) in [5, 5.41) is 17.7. The highest BCUT2D eigenvalue weighted by atomic mass is 32.2. The number of thioether (sulfide) groups is 1. The van der Waals surface area contributed by atoms with Crippen molar-refractivity contribution in [1.82, 2.24) is 19.6 Å². The van der Waals surface area contributed by atoms with Crippen molar-refractivity contribution in [3.63, 3.8) is 0 Å². The lowest BCUT2D eigenvalue weighted by Crippen LogP contribution is -2.71. The Bertz CT molecular complexity index is 1200. The number of carboxylic acid groups (broad SMARTS) is 1. The fraction of sp³-hybridized carbons (Fsp3) is 0.316. The minimum Gasteiger partial charge on any atom is -0.543 e. The van der Waals surface area contributed by atoms with Crippen LogP contribution in [0.3, 0.4) is 0 Å². The van der Waals surface area contributed by atoms with Crippen molar-refractivity contribution in [1.29, 1.82) is 0 Å². The third-order valence-corrected chi connectivity index (χ3v) is 6.93. The molecule has 13 nitrogen and oxygen atoms in total. The van der Waals surface area contributed by atoms with Gasteiger partial charge in [0.25, 0.3) is 11.8 Å². The molecule has 178 valence electrons. The number of hydrogen-bond donors (Lipinski definition) is 2. The largest absolute Gasteiger partial charge is 0.543 e. The van der Waals surface area contributed by atoms with Gasteiger partial charge in [-0.2, -0.15) is 9.36 Å². The summed E-state index contributed by atoms with van der Waals surface area (Å²) in [6, 6.07) is 2.50. The molecule has 2 aliphatic heterocycles. The first-order chi connectivity index (χ1) is 16.3. The Hall–Kier alpha value is -3.72. The number of rotatable bonds is 8. The summed E-state index contributed by atoms with van der Waals surface area (Å²) in [5.74, 6) is -1.85. The van der Waals surface area contributed by atoms with Gasteiger partial charge in [0.2, 0.25) is 11.5 Å². The van der Waals surface area contributed by atoms with E-state index < -0.39 is 29.2 Å². The van der Waals surface area contributed by atoms with E-state index in [0.29, 0.717) is 17.1 Å². The first-order valence-corrected chi connectivity index (χ1v) is 11.6. The SMILES string of the molecule is CON=C(C(=O)NC1C(=O)N2C(C(=O)[O-])=C(C[n+]3ccc(OC)cc3)CS[C@H]12)c1nsc(N)n1. The van der Waals surface area contributed by atoms with Crippen molar-refractivity contribution in [2.75, 3.05) is 25.7 Å². The van der Waals surface area contributed by atoms with Gasteiger partial charge in [0, 0.05) is 35.0 Å². The van der Waals surface area contributed by atoms with Crippen LogP contribution in [0.4, 0.5) is 5.13 Å². The second kappa shape index (κ2) is 9.64. The number of fused-ring (bicyclic) bond motifs is 1. The fourth-order valence-corrected chi connectivity index (χ4v) is 5.28. The van der Waals surface area contributed by atoms with E-state index >= 15 is 0 Å². The minimum atomic E-state index is -1.46. The maximum absolute atomic E-state index is 12.9. The first-order valence-electron chi connectivity index (χ1n) is 9.76. The molecule has 1 fully saturated rings. The molecule has 0 radical (unpaired) electrons. The lowest BCUT2D eigenvalue weighted by molar-refractivity contribution is -0.689. The quantitative estimate of drug-likeness (QED) is 0.174. The van der Waals surface area contributed by atoms with E-state index in [-0.39, 0.29) is 28.9 Å². The lowest BCUT2D eigenvalue weighted by Gasteiger charge is -2.50. The molecule has 2 aromatic heterocycles. The highest BCUT2D eigenvalue weighted by Gasteiger charge is 2.53. The average molecular weight is 506 g/mol. The van der Waals surface area contributed by atoms with Gasteiger partial charge in [0.05, 0.1) is 18.8 Å². The number of nitrogens with one attached hydrogen (secondary N) is 1. The Kier molecular flexibility index (Phi) is 6.65. The number of hydrogen-bond acceptors (Lipinski definition) is 12. The molecule has 0 spiro atoms. The number of carboxylic acids is 1. The number of anilines is 1. The summed E-state index contributed by atoms with van der Waals surface area (Å²) in [5.41, 5.74) is 5.63. The Labute approximate surface area is 201 Å². The molecule has 1 unspecified atom stereocenters. The number of aliphatic carboxylic acids is 1. The van der Waals surface area contributed by atoms with Crippen LogP contribution in [0.25, 0.3) is 0 Å². The number of oxime groups is 1. The maximum atomic E-state index is 12.9.